The molecule has 2 rings (SSSR count). The maximum absolute atomic E-state index is 12.6. The van der Waals surface area contributed by atoms with Gasteiger partial charge in [-0.1, -0.05) is 20.8 Å². The van der Waals surface area contributed by atoms with Crippen LogP contribution in [0.5, 0.6) is 0 Å². The first-order valence-electron chi connectivity index (χ1n) is 8.13. The molecule has 2 unspecified atom stereocenters. The van der Waals surface area contributed by atoms with E-state index in [1.165, 1.54) is 0 Å². The van der Waals surface area contributed by atoms with Crippen LogP contribution in [-0.2, 0) is 9.59 Å². The van der Waals surface area contributed by atoms with Gasteiger partial charge in [0.1, 0.15) is 0 Å². The molecule has 5 heteroatoms. The van der Waals surface area contributed by atoms with Gasteiger partial charge >= 0.3 is 0 Å². The zero-order chi connectivity index (χ0) is 15.6. The highest BCUT2D eigenvalue weighted by atomic mass is 16.2. The number of carbonyl (C=O) groups excluding carboxylic acids is 2. The molecule has 0 spiro atoms. The standard InChI is InChI=1S/C16H29N3O2/c1-16(2,3)15(21)19-9-4-6-12(10-19)14(20)18-8-5-7-13(17)11-18/h12-13H,4-11,17H2,1-3H3. The van der Waals surface area contributed by atoms with Crippen LogP contribution < -0.4 is 5.73 Å². The largest absolute Gasteiger partial charge is 0.341 e. The average Bonchev–Trinajstić information content (AvgIpc) is 2.45. The maximum Gasteiger partial charge on any atom is 0.227 e. The van der Waals surface area contributed by atoms with Crippen LogP contribution in [0.25, 0.3) is 0 Å². The van der Waals surface area contributed by atoms with Gasteiger partial charge in [0.05, 0.1) is 5.92 Å². The van der Waals surface area contributed by atoms with E-state index >= 15 is 0 Å². The van der Waals surface area contributed by atoms with Gasteiger partial charge in [-0.3, -0.25) is 9.59 Å². The number of amides is 2. The summed E-state index contributed by atoms with van der Waals surface area (Å²) < 4.78 is 0. The van der Waals surface area contributed by atoms with Crippen molar-refractivity contribution in [3.05, 3.63) is 0 Å². The summed E-state index contributed by atoms with van der Waals surface area (Å²) in [6.07, 6.45) is 3.80. The van der Waals surface area contributed by atoms with E-state index in [0.717, 1.165) is 38.8 Å². The van der Waals surface area contributed by atoms with Crippen molar-refractivity contribution in [2.24, 2.45) is 17.1 Å². The van der Waals surface area contributed by atoms with Crippen molar-refractivity contribution in [2.75, 3.05) is 26.2 Å². The molecule has 0 saturated carbocycles. The Hall–Kier alpha value is -1.10. The lowest BCUT2D eigenvalue weighted by Gasteiger charge is -2.39. The number of piperidine rings is 2. The lowest BCUT2D eigenvalue weighted by molar-refractivity contribution is -0.145. The van der Waals surface area contributed by atoms with Crippen molar-refractivity contribution in [3.8, 4) is 0 Å². The predicted molar refractivity (Wildman–Crippen MR) is 82.5 cm³/mol. The van der Waals surface area contributed by atoms with E-state index in [1.54, 1.807) is 0 Å². The van der Waals surface area contributed by atoms with Crippen LogP contribution in [0.4, 0.5) is 0 Å². The first-order chi connectivity index (χ1) is 9.79. The van der Waals surface area contributed by atoms with Gasteiger partial charge in [0, 0.05) is 37.6 Å². The second-order valence-electron chi connectivity index (χ2n) is 7.53. The number of carbonyl (C=O) groups is 2. The molecule has 2 N–H and O–H groups in total. The minimum atomic E-state index is -0.377. The fourth-order valence-electron chi connectivity index (χ4n) is 3.31. The summed E-state index contributed by atoms with van der Waals surface area (Å²) in [5.41, 5.74) is 5.59. The fourth-order valence-corrected chi connectivity index (χ4v) is 3.31. The molecule has 2 aliphatic heterocycles. The Morgan fingerprint density at radius 1 is 1.00 bits per heavy atom. The summed E-state index contributed by atoms with van der Waals surface area (Å²) in [5.74, 6) is 0.294. The molecule has 2 aliphatic rings. The van der Waals surface area contributed by atoms with Gasteiger partial charge in [-0.25, -0.2) is 0 Å². The van der Waals surface area contributed by atoms with Gasteiger partial charge in [-0.15, -0.1) is 0 Å². The number of hydrogen-bond acceptors (Lipinski definition) is 3. The van der Waals surface area contributed by atoms with Gasteiger partial charge < -0.3 is 15.5 Å². The molecule has 0 bridgehead atoms. The number of nitrogens with zero attached hydrogens (tertiary/aromatic N) is 2. The molecular formula is C16H29N3O2. The van der Waals surface area contributed by atoms with Crippen LogP contribution in [0, 0.1) is 11.3 Å². The zero-order valence-electron chi connectivity index (χ0n) is 13.6. The Morgan fingerprint density at radius 3 is 2.24 bits per heavy atom. The van der Waals surface area contributed by atoms with Crippen LogP contribution in [0.1, 0.15) is 46.5 Å². The maximum atomic E-state index is 12.6. The average molecular weight is 295 g/mol. The highest BCUT2D eigenvalue weighted by molar-refractivity contribution is 5.84. The first kappa shape index (κ1) is 16.3. The summed E-state index contributed by atoms with van der Waals surface area (Å²) in [4.78, 5) is 28.8. The van der Waals surface area contributed by atoms with Crippen molar-refractivity contribution in [1.29, 1.82) is 0 Å². The predicted octanol–water partition coefficient (Wildman–Crippen LogP) is 1.22. The Labute approximate surface area is 127 Å². The Morgan fingerprint density at radius 2 is 1.62 bits per heavy atom. The van der Waals surface area contributed by atoms with E-state index in [1.807, 2.05) is 30.6 Å². The van der Waals surface area contributed by atoms with E-state index in [-0.39, 0.29) is 29.2 Å². The fraction of sp³-hybridized carbons (Fsp3) is 0.875. The summed E-state index contributed by atoms with van der Waals surface area (Å²) in [7, 11) is 0. The van der Waals surface area contributed by atoms with Gasteiger partial charge in [0.25, 0.3) is 0 Å². The molecule has 2 atom stereocenters. The lowest BCUT2D eigenvalue weighted by Crippen LogP contribution is -2.52. The van der Waals surface area contributed by atoms with Crippen molar-refractivity contribution in [1.82, 2.24) is 9.80 Å². The molecule has 0 aliphatic carbocycles. The van der Waals surface area contributed by atoms with Gasteiger partial charge in [-0.05, 0) is 25.7 Å². The number of hydrogen-bond donors (Lipinski definition) is 1. The summed E-state index contributed by atoms with van der Waals surface area (Å²) in [6.45, 7) is 8.64. The summed E-state index contributed by atoms with van der Waals surface area (Å²) >= 11 is 0. The zero-order valence-corrected chi connectivity index (χ0v) is 13.6. The summed E-state index contributed by atoms with van der Waals surface area (Å²) in [6, 6.07) is 0.110. The summed E-state index contributed by atoms with van der Waals surface area (Å²) in [5, 5.41) is 0. The molecule has 0 aromatic rings. The minimum absolute atomic E-state index is 0.0460. The third-order valence-corrected chi connectivity index (χ3v) is 4.47. The lowest BCUT2D eigenvalue weighted by atomic mass is 9.90. The second kappa shape index (κ2) is 6.34. The van der Waals surface area contributed by atoms with Crippen molar-refractivity contribution in [2.45, 2.75) is 52.5 Å². The molecule has 2 amide bonds. The van der Waals surface area contributed by atoms with Crippen molar-refractivity contribution >= 4 is 11.8 Å². The first-order valence-corrected chi connectivity index (χ1v) is 8.13. The highest BCUT2D eigenvalue weighted by Gasteiger charge is 2.35. The van der Waals surface area contributed by atoms with Crippen molar-refractivity contribution in [3.63, 3.8) is 0 Å². The van der Waals surface area contributed by atoms with Crippen molar-refractivity contribution < 1.29 is 9.59 Å². The Kier molecular flexibility index (Phi) is 4.91. The molecular weight excluding hydrogens is 266 g/mol. The van der Waals surface area contributed by atoms with E-state index in [2.05, 4.69) is 0 Å². The molecule has 2 heterocycles. The molecule has 0 aromatic heterocycles. The number of likely N-dealkylation sites (tertiary alicyclic amines) is 2. The van der Waals surface area contributed by atoms with E-state index in [4.69, 9.17) is 5.73 Å². The van der Waals surface area contributed by atoms with Crippen LogP contribution in [0.3, 0.4) is 0 Å². The molecule has 21 heavy (non-hydrogen) atoms. The molecule has 2 fully saturated rings. The SMILES string of the molecule is CC(C)(C)C(=O)N1CCCC(C(=O)N2CCCC(N)C2)C1. The van der Waals surface area contributed by atoms with E-state index in [0.29, 0.717) is 13.1 Å². The van der Waals surface area contributed by atoms with Gasteiger partial charge in [0.15, 0.2) is 0 Å². The van der Waals surface area contributed by atoms with Crippen LogP contribution >= 0.6 is 0 Å². The second-order valence-corrected chi connectivity index (χ2v) is 7.53. The third-order valence-electron chi connectivity index (χ3n) is 4.47. The molecule has 0 radical (unpaired) electrons. The number of rotatable bonds is 1. The minimum Gasteiger partial charge on any atom is -0.341 e. The van der Waals surface area contributed by atoms with Gasteiger partial charge in [-0.2, -0.15) is 0 Å². The molecule has 2 saturated heterocycles. The molecule has 0 aromatic carbocycles. The highest BCUT2D eigenvalue weighted by Crippen LogP contribution is 2.25. The topological polar surface area (TPSA) is 66.6 Å². The third kappa shape index (κ3) is 3.96. The monoisotopic (exact) mass is 295 g/mol. The van der Waals surface area contributed by atoms with Crippen LogP contribution in [-0.4, -0.2) is 53.8 Å². The smallest absolute Gasteiger partial charge is 0.227 e. The van der Waals surface area contributed by atoms with Crippen LogP contribution in [0.15, 0.2) is 0 Å². The quantitative estimate of drug-likeness (QED) is 0.791. The normalized spacial score (nSPS) is 27.6. The molecule has 5 nitrogen and oxygen atoms in total. The van der Waals surface area contributed by atoms with Crippen LogP contribution in [0.2, 0.25) is 0 Å². The number of nitrogens with two attached hydrogens (primary N) is 1. The van der Waals surface area contributed by atoms with Gasteiger partial charge in [0.2, 0.25) is 11.8 Å². The Bertz CT molecular complexity index is 403. The molecule has 120 valence electrons. The Balaban J connectivity index is 1.97. The van der Waals surface area contributed by atoms with E-state index < -0.39 is 0 Å². The van der Waals surface area contributed by atoms with E-state index in [9.17, 15) is 9.59 Å².